The van der Waals surface area contributed by atoms with Crippen LogP contribution in [-0.2, 0) is 4.74 Å². The number of hydrogen-bond acceptors (Lipinski definition) is 4. The van der Waals surface area contributed by atoms with E-state index in [-0.39, 0.29) is 23.7 Å². The zero-order chi connectivity index (χ0) is 15.4. The van der Waals surface area contributed by atoms with E-state index in [4.69, 9.17) is 9.47 Å². The van der Waals surface area contributed by atoms with Crippen molar-refractivity contribution in [3.8, 4) is 22.6 Å². The van der Waals surface area contributed by atoms with E-state index >= 15 is 0 Å². The molecule has 0 aromatic heterocycles. The Kier molecular flexibility index (Phi) is 4.85. The van der Waals surface area contributed by atoms with Crippen LogP contribution in [0.15, 0.2) is 40.9 Å². The van der Waals surface area contributed by atoms with E-state index < -0.39 is 5.97 Å². The van der Waals surface area contributed by atoms with Crippen LogP contribution in [0.2, 0.25) is 0 Å². The van der Waals surface area contributed by atoms with Crippen molar-refractivity contribution in [2.75, 3.05) is 13.7 Å². The van der Waals surface area contributed by atoms with Crippen molar-refractivity contribution in [2.45, 2.75) is 6.92 Å². The molecule has 0 amide bonds. The Morgan fingerprint density at radius 2 is 1.95 bits per heavy atom. The lowest BCUT2D eigenvalue weighted by Gasteiger charge is -2.14. The molecule has 2 aromatic rings. The van der Waals surface area contributed by atoms with Gasteiger partial charge in [0.05, 0.1) is 18.2 Å². The van der Waals surface area contributed by atoms with Gasteiger partial charge in [-0.25, -0.2) is 4.79 Å². The van der Waals surface area contributed by atoms with E-state index in [0.29, 0.717) is 4.47 Å². The average molecular weight is 351 g/mol. The van der Waals surface area contributed by atoms with E-state index in [1.807, 2.05) is 30.3 Å². The van der Waals surface area contributed by atoms with Gasteiger partial charge in [-0.05, 0) is 34.5 Å². The molecule has 0 atom stereocenters. The summed E-state index contributed by atoms with van der Waals surface area (Å²) in [7, 11) is 1.43. The monoisotopic (exact) mass is 350 g/mol. The zero-order valence-electron chi connectivity index (χ0n) is 11.7. The van der Waals surface area contributed by atoms with Crippen LogP contribution in [0.5, 0.6) is 11.5 Å². The molecule has 0 spiro atoms. The topological polar surface area (TPSA) is 55.8 Å². The first-order valence-corrected chi connectivity index (χ1v) is 7.21. The number of carbonyl (C=O) groups excluding carboxylic acids is 1. The van der Waals surface area contributed by atoms with Crippen molar-refractivity contribution >= 4 is 21.9 Å². The van der Waals surface area contributed by atoms with Crippen molar-refractivity contribution < 1.29 is 19.4 Å². The third kappa shape index (κ3) is 3.03. The molecule has 0 bridgehead atoms. The number of carbonyl (C=O) groups is 1. The fourth-order valence-electron chi connectivity index (χ4n) is 2.00. The molecule has 0 saturated heterocycles. The Bertz CT molecular complexity index is 653. The molecule has 1 N–H and O–H groups in total. The van der Waals surface area contributed by atoms with Gasteiger partial charge in [0.15, 0.2) is 11.5 Å². The van der Waals surface area contributed by atoms with Gasteiger partial charge < -0.3 is 14.6 Å². The van der Waals surface area contributed by atoms with Crippen LogP contribution in [0, 0.1) is 0 Å². The minimum absolute atomic E-state index is 0.0794. The van der Waals surface area contributed by atoms with Gasteiger partial charge in [0.2, 0.25) is 0 Å². The molecule has 0 aliphatic carbocycles. The number of phenols is 1. The van der Waals surface area contributed by atoms with Gasteiger partial charge in [-0.3, -0.25) is 0 Å². The molecule has 0 heterocycles. The van der Waals surface area contributed by atoms with E-state index in [0.717, 1.165) is 11.1 Å². The third-order valence-electron chi connectivity index (χ3n) is 2.98. The molecule has 0 radical (unpaired) electrons. The first-order chi connectivity index (χ1) is 10.1. The van der Waals surface area contributed by atoms with E-state index in [1.165, 1.54) is 7.11 Å². The maximum absolute atomic E-state index is 12.0. The molecule has 0 fully saturated rings. The predicted molar refractivity (Wildman–Crippen MR) is 83.8 cm³/mol. The number of halogens is 1. The minimum Gasteiger partial charge on any atom is -0.504 e. The van der Waals surface area contributed by atoms with Crippen LogP contribution in [0.4, 0.5) is 0 Å². The Morgan fingerprint density at radius 1 is 1.29 bits per heavy atom. The van der Waals surface area contributed by atoms with Gasteiger partial charge in [-0.1, -0.05) is 30.3 Å². The second-order valence-electron chi connectivity index (χ2n) is 4.25. The van der Waals surface area contributed by atoms with Crippen molar-refractivity contribution in [1.82, 2.24) is 0 Å². The molecule has 5 heteroatoms. The second kappa shape index (κ2) is 6.63. The third-order valence-corrected chi connectivity index (χ3v) is 3.77. The first-order valence-electron chi connectivity index (χ1n) is 6.42. The van der Waals surface area contributed by atoms with Gasteiger partial charge in [0.1, 0.15) is 5.56 Å². The summed E-state index contributed by atoms with van der Waals surface area (Å²) in [6.07, 6.45) is 0. The molecular formula is C16H15BrO4. The number of rotatable bonds is 4. The maximum Gasteiger partial charge on any atom is 0.342 e. The summed E-state index contributed by atoms with van der Waals surface area (Å²) in [4.78, 5) is 12.0. The number of benzene rings is 2. The normalized spacial score (nSPS) is 10.2. The van der Waals surface area contributed by atoms with Gasteiger partial charge in [0.25, 0.3) is 0 Å². The van der Waals surface area contributed by atoms with E-state index in [2.05, 4.69) is 15.9 Å². The second-order valence-corrected chi connectivity index (χ2v) is 5.05. The zero-order valence-corrected chi connectivity index (χ0v) is 13.3. The lowest BCUT2D eigenvalue weighted by atomic mass is 10.0. The molecule has 4 nitrogen and oxygen atoms in total. The van der Waals surface area contributed by atoms with Crippen LogP contribution in [0.25, 0.3) is 11.1 Å². The highest BCUT2D eigenvalue weighted by Crippen LogP contribution is 2.44. The summed E-state index contributed by atoms with van der Waals surface area (Å²) in [5, 5.41) is 10.2. The van der Waals surface area contributed by atoms with Crippen molar-refractivity contribution in [1.29, 1.82) is 0 Å². The molecule has 0 unspecified atom stereocenters. The summed E-state index contributed by atoms with van der Waals surface area (Å²) in [6, 6.07) is 11.1. The molecule has 2 rings (SSSR count). The highest BCUT2D eigenvalue weighted by molar-refractivity contribution is 9.10. The summed E-state index contributed by atoms with van der Waals surface area (Å²) >= 11 is 3.41. The first kappa shape index (κ1) is 15.4. The fourth-order valence-corrected chi connectivity index (χ4v) is 2.70. The Hall–Kier alpha value is -2.01. The molecule has 110 valence electrons. The number of phenolic OH excluding ortho intramolecular Hbond substituents is 1. The molecular weight excluding hydrogens is 336 g/mol. The van der Waals surface area contributed by atoms with Crippen LogP contribution < -0.4 is 4.74 Å². The molecule has 2 aromatic carbocycles. The highest BCUT2D eigenvalue weighted by Gasteiger charge is 2.22. The Morgan fingerprint density at radius 3 is 2.52 bits per heavy atom. The van der Waals surface area contributed by atoms with Crippen molar-refractivity contribution in [2.24, 2.45) is 0 Å². The maximum atomic E-state index is 12.0. The van der Waals surface area contributed by atoms with Crippen LogP contribution in [-0.4, -0.2) is 24.8 Å². The van der Waals surface area contributed by atoms with Gasteiger partial charge in [0, 0.05) is 5.56 Å². The van der Waals surface area contributed by atoms with Crippen LogP contribution >= 0.6 is 15.9 Å². The Balaban J connectivity index is 2.66. The van der Waals surface area contributed by atoms with E-state index in [1.54, 1.807) is 13.0 Å². The molecule has 21 heavy (non-hydrogen) atoms. The number of esters is 1. The molecule has 0 saturated carbocycles. The van der Waals surface area contributed by atoms with Crippen LogP contribution in [0.1, 0.15) is 17.3 Å². The number of hydrogen-bond donors (Lipinski definition) is 1. The average Bonchev–Trinajstić information content (AvgIpc) is 2.49. The highest BCUT2D eigenvalue weighted by atomic mass is 79.9. The van der Waals surface area contributed by atoms with Crippen molar-refractivity contribution in [3.63, 3.8) is 0 Å². The standard InChI is InChI=1S/C16H15BrO4/c1-3-21-16(19)12-9-11(10-7-5-4-6-8-10)13(17)15(20-2)14(12)18/h4-9,18H,3H2,1-2H3. The van der Waals surface area contributed by atoms with Gasteiger partial charge in [-0.2, -0.15) is 0 Å². The quantitative estimate of drug-likeness (QED) is 0.846. The largest absolute Gasteiger partial charge is 0.504 e. The summed E-state index contributed by atoms with van der Waals surface area (Å²) in [5.74, 6) is -0.611. The summed E-state index contributed by atoms with van der Waals surface area (Å²) in [6.45, 7) is 1.94. The smallest absolute Gasteiger partial charge is 0.342 e. The van der Waals surface area contributed by atoms with Gasteiger partial charge in [-0.15, -0.1) is 0 Å². The lowest BCUT2D eigenvalue weighted by Crippen LogP contribution is -2.06. The number of ether oxygens (including phenoxy) is 2. The number of aromatic hydroxyl groups is 1. The van der Waals surface area contributed by atoms with Gasteiger partial charge >= 0.3 is 5.97 Å². The lowest BCUT2D eigenvalue weighted by molar-refractivity contribution is 0.0522. The van der Waals surface area contributed by atoms with Crippen LogP contribution in [0.3, 0.4) is 0 Å². The minimum atomic E-state index is -0.585. The Labute approximate surface area is 131 Å². The SMILES string of the molecule is CCOC(=O)c1cc(-c2ccccc2)c(Br)c(OC)c1O. The van der Waals surface area contributed by atoms with Crippen molar-refractivity contribution in [3.05, 3.63) is 46.4 Å². The predicted octanol–water partition coefficient (Wildman–Crippen LogP) is 4.01. The van der Waals surface area contributed by atoms with E-state index in [9.17, 15) is 9.90 Å². The molecule has 0 aliphatic heterocycles. The summed E-state index contributed by atoms with van der Waals surface area (Å²) < 4.78 is 10.8. The fraction of sp³-hybridized carbons (Fsp3) is 0.188. The summed E-state index contributed by atoms with van der Waals surface area (Å²) in [5.41, 5.74) is 1.72. The molecule has 0 aliphatic rings. The number of methoxy groups -OCH3 is 1.